The third-order valence-electron chi connectivity index (χ3n) is 2.14. The number of anilines is 1. The van der Waals surface area contributed by atoms with Crippen LogP contribution in [0.2, 0.25) is 0 Å². The van der Waals surface area contributed by atoms with Crippen molar-refractivity contribution in [2.24, 2.45) is 0 Å². The molecule has 0 fully saturated rings. The first-order valence-electron chi connectivity index (χ1n) is 4.63. The van der Waals surface area contributed by atoms with E-state index in [1.54, 1.807) is 0 Å². The van der Waals surface area contributed by atoms with Crippen molar-refractivity contribution >= 4 is 23.2 Å². The van der Waals surface area contributed by atoms with E-state index in [0.29, 0.717) is 12.3 Å². The number of hydrogen-bond donors (Lipinski definition) is 1. The molecule has 14 heavy (non-hydrogen) atoms. The summed E-state index contributed by atoms with van der Waals surface area (Å²) < 4.78 is 0. The van der Waals surface area contributed by atoms with Crippen LogP contribution in [-0.4, -0.2) is 5.91 Å². The second-order valence-electron chi connectivity index (χ2n) is 3.14. The molecule has 0 heterocycles. The molecule has 0 aliphatic carbocycles. The summed E-state index contributed by atoms with van der Waals surface area (Å²) in [4.78, 5) is 11.2. The Bertz CT molecular complexity index is 336. The largest absolute Gasteiger partial charge is 0.326 e. The van der Waals surface area contributed by atoms with Crippen LogP contribution in [0.4, 0.5) is 5.69 Å². The zero-order valence-electron chi connectivity index (χ0n) is 8.43. The molecule has 1 amide bonds. The highest BCUT2D eigenvalue weighted by Crippen LogP contribution is 2.21. The van der Waals surface area contributed by atoms with E-state index in [9.17, 15) is 4.79 Å². The van der Waals surface area contributed by atoms with Crippen LogP contribution in [0, 0.1) is 6.92 Å². The zero-order chi connectivity index (χ0) is 10.6. The molecule has 76 valence electrons. The van der Waals surface area contributed by atoms with E-state index in [1.165, 1.54) is 0 Å². The highest BCUT2D eigenvalue weighted by atomic mass is 35.5. The molecule has 0 aliphatic heterocycles. The van der Waals surface area contributed by atoms with Gasteiger partial charge in [0.2, 0.25) is 5.91 Å². The molecule has 1 rings (SSSR count). The van der Waals surface area contributed by atoms with E-state index in [1.807, 2.05) is 32.0 Å². The topological polar surface area (TPSA) is 29.1 Å². The Morgan fingerprint density at radius 2 is 2.21 bits per heavy atom. The lowest BCUT2D eigenvalue weighted by molar-refractivity contribution is -0.115. The van der Waals surface area contributed by atoms with Gasteiger partial charge < -0.3 is 5.32 Å². The summed E-state index contributed by atoms with van der Waals surface area (Å²) in [7, 11) is 0. The van der Waals surface area contributed by atoms with Crippen molar-refractivity contribution in [2.45, 2.75) is 26.1 Å². The van der Waals surface area contributed by atoms with E-state index in [-0.39, 0.29) is 5.91 Å². The minimum Gasteiger partial charge on any atom is -0.326 e. The Labute approximate surface area is 89.3 Å². The summed E-state index contributed by atoms with van der Waals surface area (Å²) in [6.45, 7) is 3.81. The van der Waals surface area contributed by atoms with Gasteiger partial charge in [-0.05, 0) is 24.1 Å². The molecule has 0 atom stereocenters. The Morgan fingerprint density at radius 1 is 1.50 bits per heavy atom. The molecule has 0 saturated heterocycles. The van der Waals surface area contributed by atoms with Crippen LogP contribution in [-0.2, 0) is 10.7 Å². The number of rotatable bonds is 3. The van der Waals surface area contributed by atoms with Crippen LogP contribution >= 0.6 is 11.6 Å². The highest BCUT2D eigenvalue weighted by Gasteiger charge is 2.06. The van der Waals surface area contributed by atoms with Gasteiger partial charge in [-0.1, -0.05) is 19.1 Å². The van der Waals surface area contributed by atoms with Crippen LogP contribution < -0.4 is 5.32 Å². The van der Waals surface area contributed by atoms with Gasteiger partial charge in [-0.15, -0.1) is 11.6 Å². The first-order valence-corrected chi connectivity index (χ1v) is 5.16. The standard InChI is InChI=1S/C11H14ClNO/c1-3-11(14)13-10-6-4-5-8(2)9(10)7-12/h4-6H,3,7H2,1-2H3,(H,13,14). The van der Waals surface area contributed by atoms with Gasteiger partial charge in [0, 0.05) is 18.0 Å². The van der Waals surface area contributed by atoms with E-state index >= 15 is 0 Å². The molecular formula is C11H14ClNO. The molecule has 1 aromatic carbocycles. The third-order valence-corrected chi connectivity index (χ3v) is 2.41. The predicted octanol–water partition coefficient (Wildman–Crippen LogP) is 3.08. The second-order valence-corrected chi connectivity index (χ2v) is 3.40. The number of carbonyl (C=O) groups excluding carboxylic acids is 1. The van der Waals surface area contributed by atoms with Crippen LogP contribution in [0.25, 0.3) is 0 Å². The summed E-state index contributed by atoms with van der Waals surface area (Å²) in [5.74, 6) is 0.438. The molecule has 0 saturated carbocycles. The van der Waals surface area contributed by atoms with Crippen molar-refractivity contribution in [1.82, 2.24) is 0 Å². The number of amides is 1. The Kier molecular flexibility index (Phi) is 3.96. The summed E-state index contributed by atoms with van der Waals surface area (Å²) in [5.41, 5.74) is 2.93. The fourth-order valence-electron chi connectivity index (χ4n) is 1.24. The molecular weight excluding hydrogens is 198 g/mol. The smallest absolute Gasteiger partial charge is 0.224 e. The quantitative estimate of drug-likeness (QED) is 0.765. The molecule has 0 aliphatic rings. The van der Waals surface area contributed by atoms with Crippen LogP contribution in [0.1, 0.15) is 24.5 Å². The first-order chi connectivity index (χ1) is 6.69. The summed E-state index contributed by atoms with van der Waals surface area (Å²) >= 11 is 5.81. The minimum atomic E-state index is 0.0157. The average Bonchev–Trinajstić information content (AvgIpc) is 2.18. The fourth-order valence-corrected chi connectivity index (χ4v) is 1.59. The van der Waals surface area contributed by atoms with Gasteiger partial charge in [-0.2, -0.15) is 0 Å². The maximum absolute atomic E-state index is 11.2. The minimum absolute atomic E-state index is 0.0157. The lowest BCUT2D eigenvalue weighted by Crippen LogP contribution is -2.11. The first kappa shape index (κ1) is 11.1. The van der Waals surface area contributed by atoms with Crippen LogP contribution in [0.3, 0.4) is 0 Å². The van der Waals surface area contributed by atoms with Gasteiger partial charge in [0.05, 0.1) is 0 Å². The van der Waals surface area contributed by atoms with E-state index < -0.39 is 0 Å². The number of nitrogens with one attached hydrogen (secondary N) is 1. The highest BCUT2D eigenvalue weighted by molar-refractivity contribution is 6.17. The average molecular weight is 212 g/mol. The molecule has 1 N–H and O–H groups in total. The Hall–Kier alpha value is -1.02. The number of carbonyl (C=O) groups is 1. The molecule has 2 nitrogen and oxygen atoms in total. The molecule has 1 aromatic rings. The molecule has 0 unspecified atom stereocenters. The van der Waals surface area contributed by atoms with Gasteiger partial charge in [-0.3, -0.25) is 4.79 Å². The van der Waals surface area contributed by atoms with Gasteiger partial charge in [0.15, 0.2) is 0 Å². The number of halogens is 1. The predicted molar refractivity (Wildman–Crippen MR) is 59.7 cm³/mol. The van der Waals surface area contributed by atoms with Crippen molar-refractivity contribution in [1.29, 1.82) is 0 Å². The normalized spacial score (nSPS) is 9.93. The molecule has 0 spiro atoms. The Balaban J connectivity index is 2.96. The summed E-state index contributed by atoms with van der Waals surface area (Å²) in [5, 5.41) is 2.83. The molecule has 0 bridgehead atoms. The number of hydrogen-bond acceptors (Lipinski definition) is 1. The summed E-state index contributed by atoms with van der Waals surface area (Å²) in [6, 6.07) is 5.77. The van der Waals surface area contributed by atoms with Gasteiger partial charge in [-0.25, -0.2) is 0 Å². The SMILES string of the molecule is CCC(=O)Nc1cccc(C)c1CCl. The van der Waals surface area contributed by atoms with Crippen LogP contribution in [0.5, 0.6) is 0 Å². The van der Waals surface area contributed by atoms with Crippen LogP contribution in [0.15, 0.2) is 18.2 Å². The van der Waals surface area contributed by atoms with E-state index in [4.69, 9.17) is 11.6 Å². The summed E-state index contributed by atoms with van der Waals surface area (Å²) in [6.07, 6.45) is 0.482. The lowest BCUT2D eigenvalue weighted by atomic mass is 10.1. The zero-order valence-corrected chi connectivity index (χ0v) is 9.19. The van der Waals surface area contributed by atoms with Gasteiger partial charge in [0.1, 0.15) is 0 Å². The van der Waals surface area contributed by atoms with Crippen molar-refractivity contribution in [2.75, 3.05) is 5.32 Å². The second kappa shape index (κ2) is 5.01. The fraction of sp³-hybridized carbons (Fsp3) is 0.364. The monoisotopic (exact) mass is 211 g/mol. The number of aryl methyl sites for hydroxylation is 1. The molecule has 0 radical (unpaired) electrons. The maximum atomic E-state index is 11.2. The maximum Gasteiger partial charge on any atom is 0.224 e. The Morgan fingerprint density at radius 3 is 2.79 bits per heavy atom. The van der Waals surface area contributed by atoms with Crippen molar-refractivity contribution in [3.63, 3.8) is 0 Å². The number of benzene rings is 1. The lowest BCUT2D eigenvalue weighted by Gasteiger charge is -2.10. The number of alkyl halides is 1. The van der Waals surface area contributed by atoms with Crippen molar-refractivity contribution < 1.29 is 4.79 Å². The van der Waals surface area contributed by atoms with E-state index in [0.717, 1.165) is 16.8 Å². The van der Waals surface area contributed by atoms with Crippen molar-refractivity contribution in [3.05, 3.63) is 29.3 Å². The third kappa shape index (κ3) is 2.48. The molecule has 3 heteroatoms. The van der Waals surface area contributed by atoms with Gasteiger partial charge in [0.25, 0.3) is 0 Å². The molecule has 0 aromatic heterocycles. The van der Waals surface area contributed by atoms with E-state index in [2.05, 4.69) is 5.32 Å². The van der Waals surface area contributed by atoms with Crippen molar-refractivity contribution in [3.8, 4) is 0 Å². The van der Waals surface area contributed by atoms with Gasteiger partial charge >= 0.3 is 0 Å².